The highest BCUT2D eigenvalue weighted by Gasteiger charge is 2.14. The smallest absolute Gasteiger partial charge is 0.338 e. The lowest BCUT2D eigenvalue weighted by Gasteiger charge is -2.07. The standard InChI is InChI=1S/C16H12N2O2/c1-20-16(19)13-9-15(11-5-4-8-17-10-11)18-14-7-3-2-6-12(13)14/h2-10H,1H3/p+1. The second-order valence-corrected chi connectivity index (χ2v) is 4.36. The number of carbonyl (C=O) groups excluding carboxylic acids is 1. The first kappa shape index (κ1) is 12.3. The van der Waals surface area contributed by atoms with E-state index in [1.807, 2.05) is 48.8 Å². The van der Waals surface area contributed by atoms with Gasteiger partial charge in [0.2, 0.25) is 0 Å². The van der Waals surface area contributed by atoms with Crippen molar-refractivity contribution >= 4 is 16.9 Å². The number of pyridine rings is 2. The number of rotatable bonds is 2. The molecule has 0 radical (unpaired) electrons. The number of nitrogens with zero attached hydrogens (tertiary/aromatic N) is 1. The number of ether oxygens (including phenoxy) is 1. The van der Waals surface area contributed by atoms with Crippen LogP contribution in [0.1, 0.15) is 10.4 Å². The molecule has 3 aromatic rings. The summed E-state index contributed by atoms with van der Waals surface area (Å²) in [6.07, 6.45) is 3.67. The molecular weight excluding hydrogens is 252 g/mol. The van der Waals surface area contributed by atoms with E-state index in [0.29, 0.717) is 5.56 Å². The lowest BCUT2D eigenvalue weighted by Crippen LogP contribution is -2.05. The maximum Gasteiger partial charge on any atom is 0.338 e. The molecule has 4 nitrogen and oxygen atoms in total. The summed E-state index contributed by atoms with van der Waals surface area (Å²) < 4.78 is 4.86. The predicted molar refractivity (Wildman–Crippen MR) is 75.1 cm³/mol. The van der Waals surface area contributed by atoms with Crippen molar-refractivity contribution in [2.24, 2.45) is 0 Å². The van der Waals surface area contributed by atoms with E-state index < -0.39 is 0 Å². The largest absolute Gasteiger partial charge is 0.465 e. The number of carbonyl (C=O) groups is 1. The molecule has 1 N–H and O–H groups in total. The van der Waals surface area contributed by atoms with E-state index in [-0.39, 0.29) is 5.97 Å². The van der Waals surface area contributed by atoms with Crippen LogP contribution in [-0.2, 0) is 4.74 Å². The maximum absolute atomic E-state index is 12.0. The summed E-state index contributed by atoms with van der Waals surface area (Å²) in [6, 6.07) is 13.1. The van der Waals surface area contributed by atoms with Gasteiger partial charge in [-0.1, -0.05) is 18.2 Å². The zero-order valence-corrected chi connectivity index (χ0v) is 11.0. The average molecular weight is 265 g/mol. The molecular formula is C16H13N2O2+. The van der Waals surface area contributed by atoms with Crippen LogP contribution in [0.4, 0.5) is 0 Å². The first-order valence-corrected chi connectivity index (χ1v) is 6.24. The van der Waals surface area contributed by atoms with Gasteiger partial charge in [0.1, 0.15) is 0 Å². The van der Waals surface area contributed by atoms with Gasteiger partial charge in [0.05, 0.1) is 29.4 Å². The van der Waals surface area contributed by atoms with Crippen molar-refractivity contribution in [1.82, 2.24) is 4.98 Å². The minimum atomic E-state index is -0.357. The zero-order valence-electron chi connectivity index (χ0n) is 11.0. The fourth-order valence-electron chi connectivity index (χ4n) is 2.15. The van der Waals surface area contributed by atoms with Crippen LogP contribution in [-0.4, -0.2) is 18.1 Å². The Morgan fingerprint density at radius 2 is 2.05 bits per heavy atom. The van der Waals surface area contributed by atoms with Gasteiger partial charge in [-0.15, -0.1) is 0 Å². The Hall–Kier alpha value is -2.75. The van der Waals surface area contributed by atoms with E-state index in [9.17, 15) is 4.79 Å². The van der Waals surface area contributed by atoms with Crippen LogP contribution in [0.25, 0.3) is 22.2 Å². The molecule has 1 aromatic carbocycles. The molecule has 0 atom stereocenters. The monoisotopic (exact) mass is 265 g/mol. The Kier molecular flexibility index (Phi) is 3.13. The lowest BCUT2D eigenvalue weighted by atomic mass is 10.1. The molecule has 2 aromatic heterocycles. The van der Waals surface area contributed by atoms with Gasteiger partial charge in [0, 0.05) is 11.5 Å². The summed E-state index contributed by atoms with van der Waals surface area (Å²) in [5.74, 6) is -0.357. The van der Waals surface area contributed by atoms with E-state index >= 15 is 0 Å². The van der Waals surface area contributed by atoms with Crippen molar-refractivity contribution in [3.8, 4) is 11.3 Å². The average Bonchev–Trinajstić information content (AvgIpc) is 2.54. The number of nitrogens with one attached hydrogen (secondary N) is 1. The summed E-state index contributed by atoms with van der Waals surface area (Å²) in [7, 11) is 1.38. The van der Waals surface area contributed by atoms with Crippen LogP contribution in [0.5, 0.6) is 0 Å². The molecule has 0 bridgehead atoms. The number of aromatic amines is 1. The minimum Gasteiger partial charge on any atom is -0.465 e. The third kappa shape index (κ3) is 2.12. The number of benzene rings is 1. The Morgan fingerprint density at radius 1 is 1.20 bits per heavy atom. The summed E-state index contributed by atoms with van der Waals surface area (Å²) in [6.45, 7) is 0. The number of hydrogen-bond acceptors (Lipinski definition) is 3. The highest BCUT2D eigenvalue weighted by atomic mass is 16.5. The van der Waals surface area contributed by atoms with Gasteiger partial charge in [-0.3, -0.25) is 0 Å². The van der Waals surface area contributed by atoms with Gasteiger partial charge in [-0.2, -0.15) is 0 Å². The molecule has 4 heteroatoms. The number of methoxy groups -OCH3 is 1. The summed E-state index contributed by atoms with van der Waals surface area (Å²) in [4.78, 5) is 19.6. The highest BCUT2D eigenvalue weighted by molar-refractivity contribution is 6.04. The van der Waals surface area contributed by atoms with Crippen molar-refractivity contribution < 1.29 is 14.5 Å². The normalized spacial score (nSPS) is 10.4. The van der Waals surface area contributed by atoms with Crippen LogP contribution in [0.3, 0.4) is 0 Å². The molecule has 0 fully saturated rings. The van der Waals surface area contributed by atoms with Crippen molar-refractivity contribution in [2.45, 2.75) is 0 Å². The topological polar surface area (TPSA) is 53.3 Å². The fourth-order valence-corrected chi connectivity index (χ4v) is 2.15. The van der Waals surface area contributed by atoms with Crippen molar-refractivity contribution in [2.75, 3.05) is 7.11 Å². The number of H-pyrrole nitrogens is 1. The number of fused-ring (bicyclic) bond motifs is 1. The molecule has 98 valence electrons. The number of para-hydroxylation sites is 1. The van der Waals surface area contributed by atoms with Gasteiger partial charge >= 0.3 is 5.97 Å². The number of esters is 1. The fraction of sp³-hybridized carbons (Fsp3) is 0.0625. The molecule has 0 saturated heterocycles. The van der Waals surface area contributed by atoms with E-state index in [0.717, 1.165) is 22.2 Å². The van der Waals surface area contributed by atoms with Crippen molar-refractivity contribution in [1.29, 1.82) is 0 Å². The molecule has 0 unspecified atom stereocenters. The lowest BCUT2D eigenvalue weighted by molar-refractivity contribution is -0.377. The number of hydrogen-bond donors (Lipinski definition) is 0. The molecule has 0 amide bonds. The Morgan fingerprint density at radius 3 is 2.80 bits per heavy atom. The predicted octanol–water partition coefficient (Wildman–Crippen LogP) is 2.50. The molecule has 0 saturated carbocycles. The SMILES string of the molecule is COC(=O)c1cc(-c2ccc[nH+]c2)nc2ccccc12. The molecule has 3 rings (SSSR count). The second-order valence-electron chi connectivity index (χ2n) is 4.36. The van der Waals surface area contributed by atoms with E-state index in [2.05, 4.69) is 9.97 Å². The quantitative estimate of drug-likeness (QED) is 0.669. The Bertz CT molecular complexity index is 770. The number of aromatic nitrogens is 2. The van der Waals surface area contributed by atoms with Crippen molar-refractivity contribution in [3.63, 3.8) is 0 Å². The van der Waals surface area contributed by atoms with Gasteiger partial charge in [0.25, 0.3) is 0 Å². The zero-order chi connectivity index (χ0) is 13.9. The van der Waals surface area contributed by atoms with Gasteiger partial charge in [-0.25, -0.2) is 14.8 Å². The molecule has 0 aliphatic heterocycles. The van der Waals surface area contributed by atoms with E-state index in [1.54, 1.807) is 6.07 Å². The van der Waals surface area contributed by atoms with Crippen LogP contribution in [0, 0.1) is 0 Å². The van der Waals surface area contributed by atoms with Gasteiger partial charge < -0.3 is 4.74 Å². The van der Waals surface area contributed by atoms with Crippen LogP contribution in [0.2, 0.25) is 0 Å². The molecule has 0 spiro atoms. The third-order valence-corrected chi connectivity index (χ3v) is 3.12. The second kappa shape index (κ2) is 5.09. The molecule has 0 aliphatic rings. The van der Waals surface area contributed by atoms with Gasteiger partial charge in [0.15, 0.2) is 12.4 Å². The maximum atomic E-state index is 12.0. The first-order chi connectivity index (χ1) is 9.79. The Balaban J connectivity index is 2.28. The van der Waals surface area contributed by atoms with Gasteiger partial charge in [-0.05, 0) is 18.2 Å². The summed E-state index contributed by atoms with van der Waals surface area (Å²) >= 11 is 0. The third-order valence-electron chi connectivity index (χ3n) is 3.12. The van der Waals surface area contributed by atoms with E-state index in [1.165, 1.54) is 7.11 Å². The Labute approximate surface area is 116 Å². The van der Waals surface area contributed by atoms with Crippen LogP contribution < -0.4 is 4.98 Å². The van der Waals surface area contributed by atoms with E-state index in [4.69, 9.17) is 4.74 Å². The molecule has 20 heavy (non-hydrogen) atoms. The van der Waals surface area contributed by atoms with Crippen molar-refractivity contribution in [3.05, 3.63) is 60.4 Å². The first-order valence-electron chi connectivity index (χ1n) is 6.24. The summed E-state index contributed by atoms with van der Waals surface area (Å²) in [5.41, 5.74) is 2.95. The van der Waals surface area contributed by atoms with Crippen LogP contribution in [0.15, 0.2) is 54.9 Å². The summed E-state index contributed by atoms with van der Waals surface area (Å²) in [5, 5.41) is 0.794. The van der Waals surface area contributed by atoms with Crippen LogP contribution >= 0.6 is 0 Å². The highest BCUT2D eigenvalue weighted by Crippen LogP contribution is 2.24. The molecule has 2 heterocycles. The minimum absolute atomic E-state index is 0.357. The molecule has 0 aliphatic carbocycles.